The van der Waals surface area contributed by atoms with Crippen LogP contribution in [-0.4, -0.2) is 43.0 Å². The third kappa shape index (κ3) is 2.82. The summed E-state index contributed by atoms with van der Waals surface area (Å²) in [7, 11) is 0. The molecule has 1 amide bonds. The van der Waals surface area contributed by atoms with E-state index in [1.807, 2.05) is 19.1 Å². The molecule has 10 nitrogen and oxygen atoms in total. The standard InChI is InChI=1S/C15H16N8O2/c1-9-4-5-11-10(7-9)3-2-6-22(11)12(24)8-23-18-15(17-21-23)13-14(16)20-25-19-13/h4-5,7H,2-3,6,8H2,1H3,(H2,16,20). The Kier molecular flexibility index (Phi) is 3.64. The maximum atomic E-state index is 12.7. The van der Waals surface area contributed by atoms with Crippen LogP contribution in [-0.2, 0) is 17.8 Å². The van der Waals surface area contributed by atoms with Gasteiger partial charge in [0.15, 0.2) is 11.5 Å². The number of tetrazole rings is 1. The fraction of sp³-hybridized carbons (Fsp3) is 0.333. The highest BCUT2D eigenvalue weighted by atomic mass is 16.6. The number of nitrogen functional groups attached to an aromatic ring is 1. The molecule has 10 heteroatoms. The molecular formula is C15H16N8O2. The Bertz CT molecular complexity index is 931. The van der Waals surface area contributed by atoms with E-state index >= 15 is 0 Å². The number of hydrogen-bond donors (Lipinski definition) is 1. The van der Waals surface area contributed by atoms with Crippen molar-refractivity contribution in [2.24, 2.45) is 0 Å². The van der Waals surface area contributed by atoms with Crippen LogP contribution in [0.25, 0.3) is 11.5 Å². The lowest BCUT2D eigenvalue weighted by Gasteiger charge is -2.29. The monoisotopic (exact) mass is 340 g/mol. The third-order valence-corrected chi connectivity index (χ3v) is 4.11. The van der Waals surface area contributed by atoms with E-state index in [9.17, 15) is 4.79 Å². The van der Waals surface area contributed by atoms with Crippen LogP contribution in [0, 0.1) is 6.92 Å². The van der Waals surface area contributed by atoms with Gasteiger partial charge in [-0.15, -0.1) is 10.2 Å². The molecule has 1 aliphatic heterocycles. The van der Waals surface area contributed by atoms with E-state index in [0.717, 1.165) is 18.5 Å². The number of nitrogens with two attached hydrogens (primary N) is 1. The van der Waals surface area contributed by atoms with Crippen LogP contribution in [0.1, 0.15) is 17.5 Å². The highest BCUT2D eigenvalue weighted by Crippen LogP contribution is 2.28. The van der Waals surface area contributed by atoms with Gasteiger partial charge in [-0.2, -0.15) is 4.80 Å². The number of aromatic nitrogens is 6. The predicted molar refractivity (Wildman–Crippen MR) is 87.4 cm³/mol. The zero-order valence-corrected chi connectivity index (χ0v) is 13.6. The number of nitrogens with zero attached hydrogens (tertiary/aromatic N) is 7. The summed E-state index contributed by atoms with van der Waals surface area (Å²) < 4.78 is 4.52. The molecule has 2 aromatic heterocycles. The summed E-state index contributed by atoms with van der Waals surface area (Å²) in [6, 6.07) is 6.13. The first-order valence-electron chi connectivity index (χ1n) is 7.88. The lowest BCUT2D eigenvalue weighted by molar-refractivity contribution is -0.119. The number of rotatable bonds is 3. The van der Waals surface area contributed by atoms with E-state index in [1.54, 1.807) is 4.90 Å². The van der Waals surface area contributed by atoms with Crippen molar-refractivity contribution >= 4 is 17.4 Å². The molecule has 1 aromatic carbocycles. The van der Waals surface area contributed by atoms with Crippen LogP contribution >= 0.6 is 0 Å². The zero-order chi connectivity index (χ0) is 17.4. The Labute approximate surface area is 142 Å². The summed E-state index contributed by atoms with van der Waals surface area (Å²) in [6.07, 6.45) is 1.91. The summed E-state index contributed by atoms with van der Waals surface area (Å²) in [5.74, 6) is 0.146. The first-order chi connectivity index (χ1) is 12.1. The van der Waals surface area contributed by atoms with Crippen LogP contribution < -0.4 is 10.6 Å². The molecule has 3 heterocycles. The lowest BCUT2D eigenvalue weighted by atomic mass is 9.99. The second-order valence-corrected chi connectivity index (χ2v) is 5.92. The number of carbonyl (C=O) groups is 1. The molecule has 2 N–H and O–H groups in total. The molecule has 0 aliphatic carbocycles. The van der Waals surface area contributed by atoms with Crippen molar-refractivity contribution in [3.63, 3.8) is 0 Å². The van der Waals surface area contributed by atoms with Gasteiger partial charge in [0, 0.05) is 12.2 Å². The fourth-order valence-corrected chi connectivity index (χ4v) is 2.95. The molecule has 0 radical (unpaired) electrons. The first-order valence-corrected chi connectivity index (χ1v) is 7.88. The van der Waals surface area contributed by atoms with Crippen molar-refractivity contribution in [3.8, 4) is 11.5 Å². The highest BCUT2D eigenvalue weighted by Gasteiger charge is 2.24. The third-order valence-electron chi connectivity index (χ3n) is 4.11. The minimum Gasteiger partial charge on any atom is -0.379 e. The summed E-state index contributed by atoms with van der Waals surface area (Å²) >= 11 is 0. The minimum absolute atomic E-state index is 0.0223. The van der Waals surface area contributed by atoms with Crippen molar-refractivity contribution < 1.29 is 9.42 Å². The number of anilines is 2. The van der Waals surface area contributed by atoms with Gasteiger partial charge in [0.2, 0.25) is 5.82 Å². The lowest BCUT2D eigenvalue weighted by Crippen LogP contribution is -2.38. The molecule has 0 bridgehead atoms. The van der Waals surface area contributed by atoms with Crippen LogP contribution in [0.4, 0.5) is 11.5 Å². The van der Waals surface area contributed by atoms with Crippen molar-refractivity contribution in [1.29, 1.82) is 0 Å². The van der Waals surface area contributed by atoms with Gasteiger partial charge < -0.3 is 10.6 Å². The number of carbonyl (C=O) groups excluding carboxylic acids is 1. The molecule has 0 saturated carbocycles. The Hall–Kier alpha value is -3.30. The molecular weight excluding hydrogens is 324 g/mol. The quantitative estimate of drug-likeness (QED) is 0.733. The second kappa shape index (κ2) is 5.96. The Balaban J connectivity index is 1.54. The Morgan fingerprint density at radius 1 is 1.36 bits per heavy atom. The van der Waals surface area contributed by atoms with Gasteiger partial charge in [-0.1, -0.05) is 17.7 Å². The maximum absolute atomic E-state index is 12.7. The molecule has 0 spiro atoms. The van der Waals surface area contributed by atoms with E-state index < -0.39 is 0 Å². The van der Waals surface area contributed by atoms with Crippen molar-refractivity contribution in [2.45, 2.75) is 26.3 Å². The van der Waals surface area contributed by atoms with Crippen LogP contribution in [0.2, 0.25) is 0 Å². The number of fused-ring (bicyclic) bond motifs is 1. The predicted octanol–water partition coefficient (Wildman–Crippen LogP) is 0.593. The zero-order valence-electron chi connectivity index (χ0n) is 13.6. The number of hydrogen-bond acceptors (Lipinski definition) is 8. The van der Waals surface area contributed by atoms with Crippen molar-refractivity contribution in [3.05, 3.63) is 29.3 Å². The number of amides is 1. The molecule has 0 atom stereocenters. The highest BCUT2D eigenvalue weighted by molar-refractivity contribution is 5.94. The van der Waals surface area contributed by atoms with E-state index in [1.165, 1.54) is 15.9 Å². The van der Waals surface area contributed by atoms with Gasteiger partial charge in [0.1, 0.15) is 6.54 Å². The van der Waals surface area contributed by atoms with Gasteiger partial charge in [0.25, 0.3) is 5.91 Å². The second-order valence-electron chi connectivity index (χ2n) is 5.92. The molecule has 128 valence electrons. The number of benzene rings is 1. The largest absolute Gasteiger partial charge is 0.379 e. The normalized spacial score (nSPS) is 13.7. The SMILES string of the molecule is Cc1ccc2c(c1)CCCN2C(=O)Cn1nnc(-c2nonc2N)n1. The summed E-state index contributed by atoms with van der Waals surface area (Å²) in [5.41, 5.74) is 9.14. The summed E-state index contributed by atoms with van der Waals surface area (Å²) in [4.78, 5) is 15.7. The number of aryl methyl sites for hydroxylation is 2. The van der Waals surface area contributed by atoms with E-state index in [-0.39, 0.29) is 29.8 Å². The summed E-state index contributed by atoms with van der Waals surface area (Å²) in [5, 5.41) is 18.9. The van der Waals surface area contributed by atoms with Crippen molar-refractivity contribution in [1.82, 2.24) is 30.5 Å². The molecule has 25 heavy (non-hydrogen) atoms. The van der Waals surface area contributed by atoms with E-state index in [0.29, 0.717) is 6.54 Å². The summed E-state index contributed by atoms with van der Waals surface area (Å²) in [6.45, 7) is 2.70. The minimum atomic E-state index is -0.0972. The van der Waals surface area contributed by atoms with E-state index in [4.69, 9.17) is 5.73 Å². The van der Waals surface area contributed by atoms with Gasteiger partial charge in [0.05, 0.1) is 0 Å². The molecule has 1 aliphatic rings. The first kappa shape index (κ1) is 15.2. The van der Waals surface area contributed by atoms with Gasteiger partial charge in [-0.25, -0.2) is 4.63 Å². The van der Waals surface area contributed by atoms with Gasteiger partial charge >= 0.3 is 0 Å². The average Bonchev–Trinajstić information content (AvgIpc) is 3.22. The van der Waals surface area contributed by atoms with Crippen LogP contribution in [0.5, 0.6) is 0 Å². The molecule has 0 saturated heterocycles. The van der Waals surface area contributed by atoms with Crippen LogP contribution in [0.15, 0.2) is 22.8 Å². The van der Waals surface area contributed by atoms with Crippen LogP contribution in [0.3, 0.4) is 0 Å². The Morgan fingerprint density at radius 2 is 2.24 bits per heavy atom. The molecule has 0 unspecified atom stereocenters. The topological polar surface area (TPSA) is 129 Å². The van der Waals surface area contributed by atoms with Gasteiger partial charge in [-0.05, 0) is 46.9 Å². The molecule has 3 aromatic rings. The average molecular weight is 340 g/mol. The molecule has 4 rings (SSSR count). The Morgan fingerprint density at radius 3 is 3.04 bits per heavy atom. The van der Waals surface area contributed by atoms with Gasteiger partial charge in [-0.3, -0.25) is 4.79 Å². The van der Waals surface area contributed by atoms with E-state index in [2.05, 4.69) is 36.4 Å². The fourth-order valence-electron chi connectivity index (χ4n) is 2.95. The smallest absolute Gasteiger partial charge is 0.250 e. The maximum Gasteiger partial charge on any atom is 0.250 e. The van der Waals surface area contributed by atoms with Crippen molar-refractivity contribution in [2.75, 3.05) is 17.2 Å². The molecule has 0 fully saturated rings.